The van der Waals surface area contributed by atoms with Gasteiger partial charge in [-0.1, -0.05) is 30.3 Å². The Kier molecular flexibility index (Phi) is 8.42. The second-order valence-corrected chi connectivity index (χ2v) is 3.52. The van der Waals surface area contributed by atoms with E-state index in [-0.39, 0.29) is 12.4 Å². The topological polar surface area (TPSA) is 113 Å². The van der Waals surface area contributed by atoms with E-state index in [9.17, 15) is 14.7 Å². The maximum absolute atomic E-state index is 9.84. The first kappa shape index (κ1) is 16.3. The van der Waals surface area contributed by atoms with Gasteiger partial charge in [0.25, 0.3) is 6.16 Å². The van der Waals surface area contributed by atoms with Crippen molar-refractivity contribution in [2.75, 3.05) is 5.75 Å². The van der Waals surface area contributed by atoms with E-state index in [1.165, 1.54) is 0 Å². The molecule has 0 aliphatic rings. The third-order valence-corrected chi connectivity index (χ3v) is 2.11. The number of carboxylic acid groups (broad SMARTS) is 2. The van der Waals surface area contributed by atoms with Gasteiger partial charge in [0, 0.05) is 5.75 Å². The van der Waals surface area contributed by atoms with E-state index >= 15 is 0 Å². The van der Waals surface area contributed by atoms with Crippen LogP contribution in [-0.4, -0.2) is 29.0 Å². The smallest absolute Gasteiger partial charge is 0.321 e. The average Bonchev–Trinajstić information content (AvgIpc) is 2.37. The van der Waals surface area contributed by atoms with Gasteiger partial charge in [-0.05, 0) is 5.56 Å². The van der Waals surface area contributed by atoms with Crippen molar-refractivity contribution in [3.8, 4) is 0 Å². The molecule has 0 radical (unpaired) electrons. The van der Waals surface area contributed by atoms with E-state index < -0.39 is 18.2 Å². The van der Waals surface area contributed by atoms with Crippen LogP contribution in [0.3, 0.4) is 0 Å². The van der Waals surface area contributed by atoms with Gasteiger partial charge >= 0.3 is 5.97 Å². The van der Waals surface area contributed by atoms with Gasteiger partial charge in [-0.15, -0.1) is 0 Å². The van der Waals surface area contributed by atoms with Crippen molar-refractivity contribution in [2.24, 2.45) is 5.73 Å². The van der Waals surface area contributed by atoms with Gasteiger partial charge in [0.05, 0.1) is 6.61 Å². The van der Waals surface area contributed by atoms with Crippen molar-refractivity contribution in [1.82, 2.24) is 0 Å². The number of carbonyl (C=O) groups excluding carboxylic acids is 1. The fourth-order valence-corrected chi connectivity index (χ4v) is 0.951. The summed E-state index contributed by atoms with van der Waals surface area (Å²) in [7, 11) is 0. The number of hydrogen-bond acceptors (Lipinski definition) is 6. The Labute approximate surface area is 110 Å². The number of hydrogen-bond donors (Lipinski definition) is 3. The average molecular weight is 272 g/mol. The first-order valence-corrected chi connectivity index (χ1v) is 5.57. The van der Waals surface area contributed by atoms with Gasteiger partial charge in [0.15, 0.2) is 0 Å². The van der Waals surface area contributed by atoms with Crippen molar-refractivity contribution in [3.05, 3.63) is 35.9 Å². The summed E-state index contributed by atoms with van der Waals surface area (Å²) in [5.74, 6) is -0.815. The normalized spacial score (nSPS) is 10.8. The molecular formula is C11H14NO5S-. The molecule has 0 bridgehead atoms. The predicted octanol–water partition coefficient (Wildman–Crippen LogP) is -0.125. The van der Waals surface area contributed by atoms with Crippen LogP contribution < -0.4 is 10.8 Å². The van der Waals surface area contributed by atoms with Crippen LogP contribution >= 0.6 is 12.6 Å². The van der Waals surface area contributed by atoms with Crippen LogP contribution in [0.5, 0.6) is 0 Å². The molecule has 0 heterocycles. The molecule has 18 heavy (non-hydrogen) atoms. The number of carbonyl (C=O) groups is 2. The fraction of sp³-hybridized carbons (Fsp3) is 0.273. The van der Waals surface area contributed by atoms with E-state index in [0.29, 0.717) is 0 Å². The molecule has 3 N–H and O–H groups in total. The van der Waals surface area contributed by atoms with Gasteiger partial charge in [-0.3, -0.25) is 4.79 Å². The first-order valence-electron chi connectivity index (χ1n) is 4.94. The standard InChI is InChI=1S/C8H8O3.C3H7NO2S/c9-8(10)11-6-7-4-2-1-3-5-7;4-2(1-7)3(5)6/h1-5H,6H2,(H,9,10);2,7H,1,4H2,(H,5,6)/p-1/t;2-/m.0/s1. The van der Waals surface area contributed by atoms with Gasteiger partial charge in [-0.2, -0.15) is 12.6 Å². The van der Waals surface area contributed by atoms with Gasteiger partial charge in [0.1, 0.15) is 6.04 Å². The molecule has 0 aromatic heterocycles. The van der Waals surface area contributed by atoms with Crippen LogP contribution in [0.1, 0.15) is 5.56 Å². The van der Waals surface area contributed by atoms with E-state index in [4.69, 9.17) is 10.8 Å². The Morgan fingerprint density at radius 2 is 1.94 bits per heavy atom. The number of benzene rings is 1. The van der Waals surface area contributed by atoms with Gasteiger partial charge in [0.2, 0.25) is 0 Å². The van der Waals surface area contributed by atoms with Crippen molar-refractivity contribution in [3.63, 3.8) is 0 Å². The highest BCUT2D eigenvalue weighted by molar-refractivity contribution is 7.80. The number of ether oxygens (including phenoxy) is 1. The molecule has 0 fully saturated rings. The SMILES string of the molecule is N[C@@H](CS)C(=O)O.O=C([O-])OCc1ccccc1. The first-order chi connectivity index (χ1) is 8.47. The maximum Gasteiger partial charge on any atom is 0.321 e. The van der Waals surface area contributed by atoms with Crippen LogP contribution in [0.15, 0.2) is 30.3 Å². The summed E-state index contributed by atoms with van der Waals surface area (Å²) in [6, 6.07) is 8.22. The zero-order chi connectivity index (χ0) is 14.0. The molecule has 1 aromatic rings. The molecule has 1 rings (SSSR count). The lowest BCUT2D eigenvalue weighted by molar-refractivity contribution is -0.284. The molecule has 0 saturated heterocycles. The van der Waals surface area contributed by atoms with Crippen molar-refractivity contribution in [1.29, 1.82) is 0 Å². The Bertz CT molecular complexity index is 371. The molecule has 0 amide bonds. The number of aliphatic carboxylic acids is 1. The Hall–Kier alpha value is -1.73. The van der Waals surface area contributed by atoms with Crippen LogP contribution in [-0.2, 0) is 16.1 Å². The Morgan fingerprint density at radius 3 is 2.28 bits per heavy atom. The molecular weight excluding hydrogens is 258 g/mol. The van der Waals surface area contributed by atoms with Crippen LogP contribution in [0, 0.1) is 0 Å². The lowest BCUT2D eigenvalue weighted by Gasteiger charge is -2.06. The fourth-order valence-electron chi connectivity index (χ4n) is 0.795. The molecule has 0 spiro atoms. The molecule has 7 heteroatoms. The Balaban J connectivity index is 0.000000360. The highest BCUT2D eigenvalue weighted by atomic mass is 32.1. The summed E-state index contributed by atoms with van der Waals surface area (Å²) in [6.07, 6.45) is -1.49. The summed E-state index contributed by atoms with van der Waals surface area (Å²) in [6.45, 7) is 0.0587. The van der Waals surface area contributed by atoms with Crippen molar-refractivity contribution in [2.45, 2.75) is 12.6 Å². The van der Waals surface area contributed by atoms with E-state index in [0.717, 1.165) is 5.56 Å². The van der Waals surface area contributed by atoms with Crippen molar-refractivity contribution >= 4 is 24.8 Å². The van der Waals surface area contributed by atoms with Crippen LogP contribution in [0.4, 0.5) is 4.79 Å². The van der Waals surface area contributed by atoms with E-state index in [1.807, 2.05) is 18.2 Å². The third kappa shape index (κ3) is 8.43. The zero-order valence-electron chi connectivity index (χ0n) is 9.48. The molecule has 6 nitrogen and oxygen atoms in total. The highest BCUT2D eigenvalue weighted by Crippen LogP contribution is 1.99. The molecule has 0 aliphatic heterocycles. The third-order valence-electron chi connectivity index (χ3n) is 1.71. The quantitative estimate of drug-likeness (QED) is 0.520. The second kappa shape index (κ2) is 9.32. The largest absolute Gasteiger partial charge is 0.545 e. The number of nitrogens with two attached hydrogens (primary N) is 1. The molecule has 1 aromatic carbocycles. The zero-order valence-corrected chi connectivity index (χ0v) is 10.4. The van der Waals surface area contributed by atoms with E-state index in [1.54, 1.807) is 12.1 Å². The monoisotopic (exact) mass is 272 g/mol. The minimum atomic E-state index is -1.49. The van der Waals surface area contributed by atoms with E-state index in [2.05, 4.69) is 17.4 Å². The molecule has 0 saturated carbocycles. The summed E-state index contributed by atoms with van der Waals surface area (Å²) in [4.78, 5) is 19.6. The number of carboxylic acids is 1. The molecule has 100 valence electrons. The second-order valence-electron chi connectivity index (χ2n) is 3.15. The van der Waals surface area contributed by atoms with Crippen LogP contribution in [0.25, 0.3) is 0 Å². The maximum atomic E-state index is 9.84. The summed E-state index contributed by atoms with van der Waals surface area (Å²) in [5.41, 5.74) is 5.76. The number of thiol groups is 1. The summed E-state index contributed by atoms with van der Waals surface area (Å²) in [5, 5.41) is 17.8. The van der Waals surface area contributed by atoms with Gasteiger partial charge < -0.3 is 25.5 Å². The predicted molar refractivity (Wildman–Crippen MR) is 66.1 cm³/mol. The minimum absolute atomic E-state index is 0.0587. The molecule has 0 aliphatic carbocycles. The Morgan fingerprint density at radius 1 is 1.39 bits per heavy atom. The molecule has 0 unspecified atom stereocenters. The minimum Gasteiger partial charge on any atom is -0.545 e. The highest BCUT2D eigenvalue weighted by Gasteiger charge is 2.06. The van der Waals surface area contributed by atoms with Gasteiger partial charge in [-0.25, -0.2) is 0 Å². The molecule has 1 atom stereocenters. The van der Waals surface area contributed by atoms with Crippen molar-refractivity contribution < 1.29 is 24.5 Å². The van der Waals surface area contributed by atoms with Crippen LogP contribution in [0.2, 0.25) is 0 Å². The summed E-state index contributed by atoms with van der Waals surface area (Å²) < 4.78 is 4.23. The lowest BCUT2D eigenvalue weighted by atomic mass is 10.2. The summed E-state index contributed by atoms with van der Waals surface area (Å²) >= 11 is 3.65. The lowest BCUT2D eigenvalue weighted by Crippen LogP contribution is -2.31. The number of rotatable bonds is 4.